The van der Waals surface area contributed by atoms with Crippen LogP contribution in [0.4, 0.5) is 9.93 Å². The molecule has 1 N–H and O–H groups in total. The summed E-state index contributed by atoms with van der Waals surface area (Å²) in [6.07, 6.45) is 12.5. The van der Waals surface area contributed by atoms with Gasteiger partial charge >= 0.3 is 6.03 Å². The van der Waals surface area contributed by atoms with Crippen molar-refractivity contribution >= 4 is 22.5 Å². The van der Waals surface area contributed by atoms with Crippen LogP contribution in [0.5, 0.6) is 5.75 Å². The van der Waals surface area contributed by atoms with Crippen molar-refractivity contribution in [2.24, 2.45) is 0 Å². The minimum absolute atomic E-state index is 0.152. The second-order valence-corrected chi connectivity index (χ2v) is 9.37. The lowest BCUT2D eigenvalue weighted by Crippen LogP contribution is -2.35. The summed E-state index contributed by atoms with van der Waals surface area (Å²) in [4.78, 5) is 19.1. The van der Waals surface area contributed by atoms with E-state index < -0.39 is 0 Å². The van der Waals surface area contributed by atoms with Crippen LogP contribution in [0.1, 0.15) is 61.9 Å². The number of carbonyl (C=O) groups is 1. The largest absolute Gasteiger partial charge is 0.494 e. The fraction of sp³-hybridized carbons (Fsp3) is 0.500. The third-order valence-electron chi connectivity index (χ3n) is 5.91. The molecule has 1 aliphatic carbocycles. The van der Waals surface area contributed by atoms with Gasteiger partial charge < -0.3 is 14.2 Å². The number of carbonyl (C=O) groups excluding carboxylic acids is 1. The molecule has 2 aromatic heterocycles. The molecule has 33 heavy (non-hydrogen) atoms. The number of nitrogens with zero attached hydrogens (tertiary/aromatic N) is 5. The van der Waals surface area contributed by atoms with E-state index in [1.807, 2.05) is 46.9 Å². The minimum atomic E-state index is -0.152. The Bertz CT molecular complexity index is 983. The topological polar surface area (TPSA) is 85.2 Å². The molecule has 3 aromatic rings. The second kappa shape index (κ2) is 11.8. The van der Waals surface area contributed by atoms with E-state index >= 15 is 0 Å². The first-order valence-electron chi connectivity index (χ1n) is 11.8. The SMILES string of the molecule is CCOc1ccc(CN(CCCn2ccnc2)C(=O)Nc2nnc(C3CCCCC3)s2)cc1. The Kier molecular flexibility index (Phi) is 8.30. The van der Waals surface area contributed by atoms with Gasteiger partial charge in [-0.1, -0.05) is 42.7 Å². The van der Waals surface area contributed by atoms with Gasteiger partial charge in [-0.2, -0.15) is 0 Å². The minimum Gasteiger partial charge on any atom is -0.494 e. The van der Waals surface area contributed by atoms with E-state index in [2.05, 4.69) is 20.5 Å². The molecule has 1 aliphatic rings. The zero-order chi connectivity index (χ0) is 22.9. The lowest BCUT2D eigenvalue weighted by atomic mass is 9.90. The van der Waals surface area contributed by atoms with Crippen molar-refractivity contribution in [1.82, 2.24) is 24.6 Å². The normalized spacial score (nSPS) is 14.2. The Balaban J connectivity index is 1.39. The van der Waals surface area contributed by atoms with Crippen molar-refractivity contribution < 1.29 is 9.53 Å². The highest BCUT2D eigenvalue weighted by molar-refractivity contribution is 7.15. The number of urea groups is 1. The van der Waals surface area contributed by atoms with E-state index in [9.17, 15) is 4.79 Å². The summed E-state index contributed by atoms with van der Waals surface area (Å²) >= 11 is 1.51. The number of imidazole rings is 1. The number of nitrogens with one attached hydrogen (secondary N) is 1. The van der Waals surface area contributed by atoms with Gasteiger partial charge in [0, 0.05) is 37.9 Å². The summed E-state index contributed by atoms with van der Waals surface area (Å²) in [5.74, 6) is 1.32. The average Bonchev–Trinajstić information content (AvgIpc) is 3.53. The molecule has 0 atom stereocenters. The highest BCUT2D eigenvalue weighted by atomic mass is 32.1. The smallest absolute Gasteiger partial charge is 0.323 e. The van der Waals surface area contributed by atoms with Crippen LogP contribution in [0.15, 0.2) is 43.0 Å². The number of aromatic nitrogens is 4. The first-order chi connectivity index (χ1) is 16.2. The van der Waals surface area contributed by atoms with Gasteiger partial charge in [0.2, 0.25) is 5.13 Å². The summed E-state index contributed by atoms with van der Waals surface area (Å²) in [5.41, 5.74) is 1.05. The number of amides is 2. The highest BCUT2D eigenvalue weighted by Crippen LogP contribution is 2.35. The van der Waals surface area contributed by atoms with Crippen molar-refractivity contribution in [1.29, 1.82) is 0 Å². The molecular formula is C24H32N6O2S. The van der Waals surface area contributed by atoms with Gasteiger partial charge in [-0.3, -0.25) is 5.32 Å². The molecule has 9 heteroatoms. The average molecular weight is 469 g/mol. The van der Waals surface area contributed by atoms with Gasteiger partial charge in [-0.05, 0) is 43.9 Å². The van der Waals surface area contributed by atoms with E-state index in [1.54, 1.807) is 12.5 Å². The van der Waals surface area contributed by atoms with Gasteiger partial charge in [-0.25, -0.2) is 9.78 Å². The highest BCUT2D eigenvalue weighted by Gasteiger charge is 2.21. The van der Waals surface area contributed by atoms with E-state index in [0.29, 0.717) is 30.7 Å². The van der Waals surface area contributed by atoms with Crippen LogP contribution in [0, 0.1) is 0 Å². The monoisotopic (exact) mass is 468 g/mol. The lowest BCUT2D eigenvalue weighted by molar-refractivity contribution is 0.207. The molecule has 0 unspecified atom stereocenters. The quantitative estimate of drug-likeness (QED) is 0.436. The first kappa shape index (κ1) is 23.2. The molecule has 0 bridgehead atoms. The van der Waals surface area contributed by atoms with Crippen molar-refractivity contribution in [3.05, 3.63) is 53.6 Å². The van der Waals surface area contributed by atoms with Crippen molar-refractivity contribution in [3.63, 3.8) is 0 Å². The molecule has 1 fully saturated rings. The van der Waals surface area contributed by atoms with E-state index in [0.717, 1.165) is 29.3 Å². The van der Waals surface area contributed by atoms with Gasteiger partial charge in [0.15, 0.2) is 0 Å². The molecule has 176 valence electrons. The van der Waals surface area contributed by atoms with Crippen LogP contribution in [0.25, 0.3) is 0 Å². The summed E-state index contributed by atoms with van der Waals surface area (Å²) in [5, 5.41) is 13.2. The number of aryl methyl sites for hydroxylation is 1. The number of ether oxygens (including phenoxy) is 1. The maximum Gasteiger partial charge on any atom is 0.323 e. The molecule has 8 nitrogen and oxygen atoms in total. The first-order valence-corrected chi connectivity index (χ1v) is 12.6. The standard InChI is InChI=1S/C24H32N6O2S/c1-2-32-21-11-9-19(10-12-21)17-30(15-6-14-29-16-13-25-18-29)24(31)26-23-28-27-22(33-23)20-7-4-3-5-8-20/h9-13,16,18,20H,2-8,14-15,17H2,1H3,(H,26,28,31). The summed E-state index contributed by atoms with van der Waals surface area (Å²) in [6.45, 7) is 4.53. The number of anilines is 1. The second-order valence-electron chi connectivity index (χ2n) is 8.36. The molecule has 0 spiro atoms. The molecule has 1 aromatic carbocycles. The Morgan fingerprint density at radius 1 is 1.21 bits per heavy atom. The third kappa shape index (κ3) is 6.77. The number of rotatable bonds is 10. The maximum absolute atomic E-state index is 13.2. The van der Waals surface area contributed by atoms with Gasteiger partial charge in [0.25, 0.3) is 0 Å². The molecule has 2 heterocycles. The van der Waals surface area contributed by atoms with Crippen LogP contribution in [-0.4, -0.2) is 43.8 Å². The van der Waals surface area contributed by atoms with Crippen molar-refractivity contribution in [3.8, 4) is 5.75 Å². The van der Waals surface area contributed by atoms with E-state index in [-0.39, 0.29) is 6.03 Å². The molecule has 2 amide bonds. The molecule has 0 radical (unpaired) electrons. The van der Waals surface area contributed by atoms with E-state index in [4.69, 9.17) is 4.74 Å². The Morgan fingerprint density at radius 2 is 2.03 bits per heavy atom. The third-order valence-corrected chi connectivity index (χ3v) is 6.91. The van der Waals surface area contributed by atoms with Crippen LogP contribution in [0.2, 0.25) is 0 Å². The predicted octanol–water partition coefficient (Wildman–Crippen LogP) is 5.31. The number of hydrogen-bond acceptors (Lipinski definition) is 6. The fourth-order valence-electron chi connectivity index (χ4n) is 4.16. The van der Waals surface area contributed by atoms with Crippen LogP contribution >= 0.6 is 11.3 Å². The number of benzene rings is 1. The zero-order valence-electron chi connectivity index (χ0n) is 19.2. The molecule has 4 rings (SSSR count). The van der Waals surface area contributed by atoms with Crippen LogP contribution in [0.3, 0.4) is 0 Å². The molecule has 1 saturated carbocycles. The summed E-state index contributed by atoms with van der Waals surface area (Å²) in [7, 11) is 0. The van der Waals surface area contributed by atoms with Gasteiger partial charge in [-0.15, -0.1) is 10.2 Å². The van der Waals surface area contributed by atoms with Crippen LogP contribution < -0.4 is 10.1 Å². The summed E-state index contributed by atoms with van der Waals surface area (Å²) in [6, 6.07) is 7.75. The predicted molar refractivity (Wildman–Crippen MR) is 130 cm³/mol. The van der Waals surface area contributed by atoms with E-state index in [1.165, 1.54) is 43.4 Å². The summed E-state index contributed by atoms with van der Waals surface area (Å²) < 4.78 is 7.56. The van der Waals surface area contributed by atoms with Gasteiger partial charge in [0.05, 0.1) is 12.9 Å². The molecule has 0 saturated heterocycles. The zero-order valence-corrected chi connectivity index (χ0v) is 20.0. The Labute approximate surface area is 199 Å². The van der Waals surface area contributed by atoms with Gasteiger partial charge in [0.1, 0.15) is 10.8 Å². The Morgan fingerprint density at radius 3 is 2.76 bits per heavy atom. The lowest BCUT2D eigenvalue weighted by Gasteiger charge is -2.23. The number of hydrogen-bond donors (Lipinski definition) is 1. The fourth-order valence-corrected chi connectivity index (χ4v) is 5.07. The van der Waals surface area contributed by atoms with Crippen LogP contribution in [-0.2, 0) is 13.1 Å². The molecule has 0 aliphatic heterocycles. The molecular weight excluding hydrogens is 436 g/mol. The van der Waals surface area contributed by atoms with Crippen molar-refractivity contribution in [2.75, 3.05) is 18.5 Å². The van der Waals surface area contributed by atoms with Crippen molar-refractivity contribution in [2.45, 2.75) is 64.5 Å². The Hall–Kier alpha value is -2.94. The maximum atomic E-state index is 13.2.